The minimum Gasteiger partial charge on any atom is -0.309 e. The Bertz CT molecular complexity index is 420. The first kappa shape index (κ1) is 17.9. The standard InChI is InChI=1S/C15H22F4N2/c1-3-9-20-14(12-7-5-6-8-13(12)16)10-21(4-2)11-15(17,18)19/h5-8,14,20H,3-4,9-11H2,1-2H3. The SMILES string of the molecule is CCCNC(CN(CC)CC(F)(F)F)c1ccccc1F. The van der Waals surface area contributed by atoms with Gasteiger partial charge in [-0.15, -0.1) is 0 Å². The van der Waals surface area contributed by atoms with Crippen molar-refractivity contribution in [2.75, 3.05) is 26.2 Å². The van der Waals surface area contributed by atoms with Crippen molar-refractivity contribution in [2.24, 2.45) is 0 Å². The van der Waals surface area contributed by atoms with Crippen molar-refractivity contribution in [3.05, 3.63) is 35.6 Å². The van der Waals surface area contributed by atoms with Gasteiger partial charge in [-0.25, -0.2) is 4.39 Å². The molecule has 0 heterocycles. The fourth-order valence-corrected chi connectivity index (χ4v) is 2.17. The Morgan fingerprint density at radius 3 is 2.38 bits per heavy atom. The smallest absolute Gasteiger partial charge is 0.309 e. The molecule has 2 nitrogen and oxygen atoms in total. The molecule has 1 unspecified atom stereocenters. The molecule has 0 aliphatic rings. The van der Waals surface area contributed by atoms with Crippen molar-refractivity contribution in [3.8, 4) is 0 Å². The predicted molar refractivity (Wildman–Crippen MR) is 75.6 cm³/mol. The van der Waals surface area contributed by atoms with Gasteiger partial charge in [0.1, 0.15) is 5.82 Å². The average molecular weight is 306 g/mol. The predicted octanol–water partition coefficient (Wildman–Crippen LogP) is 3.75. The van der Waals surface area contributed by atoms with Crippen LogP contribution in [0.15, 0.2) is 24.3 Å². The molecule has 1 rings (SSSR count). The first-order chi connectivity index (χ1) is 9.87. The molecule has 120 valence electrons. The van der Waals surface area contributed by atoms with Gasteiger partial charge in [-0.3, -0.25) is 4.90 Å². The normalized spacial score (nSPS) is 13.7. The van der Waals surface area contributed by atoms with Gasteiger partial charge in [-0.1, -0.05) is 32.0 Å². The summed E-state index contributed by atoms with van der Waals surface area (Å²) >= 11 is 0. The lowest BCUT2D eigenvalue weighted by atomic mass is 10.1. The molecule has 21 heavy (non-hydrogen) atoms. The summed E-state index contributed by atoms with van der Waals surface area (Å²) in [5.41, 5.74) is 0.409. The van der Waals surface area contributed by atoms with E-state index in [1.807, 2.05) is 6.92 Å². The molecule has 0 saturated heterocycles. The van der Waals surface area contributed by atoms with Gasteiger partial charge < -0.3 is 5.32 Å². The van der Waals surface area contributed by atoms with E-state index in [-0.39, 0.29) is 13.1 Å². The van der Waals surface area contributed by atoms with Gasteiger partial charge in [-0.2, -0.15) is 13.2 Å². The molecular weight excluding hydrogens is 284 g/mol. The summed E-state index contributed by atoms with van der Waals surface area (Å²) in [5, 5.41) is 3.13. The van der Waals surface area contributed by atoms with Gasteiger partial charge >= 0.3 is 6.18 Å². The second kappa shape index (κ2) is 8.34. The van der Waals surface area contributed by atoms with E-state index in [0.717, 1.165) is 6.42 Å². The van der Waals surface area contributed by atoms with Gasteiger partial charge in [-0.05, 0) is 25.6 Å². The summed E-state index contributed by atoms with van der Waals surface area (Å²) in [7, 11) is 0. The largest absolute Gasteiger partial charge is 0.401 e. The van der Waals surface area contributed by atoms with E-state index < -0.39 is 24.6 Å². The van der Waals surface area contributed by atoms with Crippen molar-refractivity contribution < 1.29 is 17.6 Å². The van der Waals surface area contributed by atoms with Crippen LogP contribution in [0.3, 0.4) is 0 Å². The van der Waals surface area contributed by atoms with Crippen LogP contribution in [-0.2, 0) is 0 Å². The molecule has 1 aromatic carbocycles. The second-order valence-corrected chi connectivity index (χ2v) is 4.97. The van der Waals surface area contributed by atoms with Crippen LogP contribution in [-0.4, -0.2) is 37.3 Å². The van der Waals surface area contributed by atoms with E-state index in [9.17, 15) is 17.6 Å². The number of hydrogen-bond acceptors (Lipinski definition) is 2. The quantitative estimate of drug-likeness (QED) is 0.736. The molecular formula is C15H22F4N2. The van der Waals surface area contributed by atoms with Crippen LogP contribution in [0.25, 0.3) is 0 Å². The third kappa shape index (κ3) is 6.44. The monoisotopic (exact) mass is 306 g/mol. The molecule has 0 aromatic heterocycles. The number of nitrogens with zero attached hydrogens (tertiary/aromatic N) is 1. The fourth-order valence-electron chi connectivity index (χ4n) is 2.17. The van der Waals surface area contributed by atoms with Gasteiger partial charge in [0.15, 0.2) is 0 Å². The second-order valence-electron chi connectivity index (χ2n) is 4.97. The molecule has 0 aliphatic heterocycles. The third-order valence-corrected chi connectivity index (χ3v) is 3.21. The van der Waals surface area contributed by atoms with E-state index in [1.165, 1.54) is 11.0 Å². The number of likely N-dealkylation sites (N-methyl/N-ethyl adjacent to an activating group) is 1. The lowest BCUT2D eigenvalue weighted by Gasteiger charge is -2.28. The van der Waals surface area contributed by atoms with E-state index in [2.05, 4.69) is 5.32 Å². The zero-order chi connectivity index (χ0) is 15.9. The van der Waals surface area contributed by atoms with E-state index in [0.29, 0.717) is 12.1 Å². The topological polar surface area (TPSA) is 15.3 Å². The fraction of sp³-hybridized carbons (Fsp3) is 0.600. The molecule has 0 radical (unpaired) electrons. The Morgan fingerprint density at radius 2 is 1.86 bits per heavy atom. The minimum absolute atomic E-state index is 0.122. The summed E-state index contributed by atoms with van der Waals surface area (Å²) in [6, 6.07) is 5.76. The molecule has 0 saturated carbocycles. The molecule has 6 heteroatoms. The van der Waals surface area contributed by atoms with Crippen molar-refractivity contribution in [2.45, 2.75) is 32.5 Å². The number of benzene rings is 1. The Labute approximate surface area is 123 Å². The molecule has 0 fully saturated rings. The van der Waals surface area contributed by atoms with Crippen LogP contribution in [0.5, 0.6) is 0 Å². The summed E-state index contributed by atoms with van der Waals surface area (Å²) < 4.78 is 51.5. The van der Waals surface area contributed by atoms with Crippen molar-refractivity contribution in [1.82, 2.24) is 10.2 Å². The molecule has 1 atom stereocenters. The maximum Gasteiger partial charge on any atom is 0.401 e. The van der Waals surface area contributed by atoms with E-state index in [4.69, 9.17) is 0 Å². The highest BCUT2D eigenvalue weighted by Gasteiger charge is 2.31. The summed E-state index contributed by atoms with van der Waals surface area (Å²) in [6.45, 7) is 3.66. The number of alkyl halides is 3. The van der Waals surface area contributed by atoms with Crippen LogP contribution >= 0.6 is 0 Å². The first-order valence-corrected chi connectivity index (χ1v) is 7.14. The summed E-state index contributed by atoms with van der Waals surface area (Å²) in [5.74, 6) is -0.394. The zero-order valence-electron chi connectivity index (χ0n) is 12.4. The highest BCUT2D eigenvalue weighted by atomic mass is 19.4. The number of rotatable bonds is 8. The highest BCUT2D eigenvalue weighted by Crippen LogP contribution is 2.21. The molecule has 0 spiro atoms. The van der Waals surface area contributed by atoms with Crippen molar-refractivity contribution in [1.29, 1.82) is 0 Å². The highest BCUT2D eigenvalue weighted by molar-refractivity contribution is 5.21. The van der Waals surface area contributed by atoms with Crippen molar-refractivity contribution >= 4 is 0 Å². The number of halogens is 4. The van der Waals surface area contributed by atoms with Crippen molar-refractivity contribution in [3.63, 3.8) is 0 Å². The maximum atomic E-state index is 13.9. The molecule has 1 aromatic rings. The summed E-state index contributed by atoms with van der Waals surface area (Å²) in [6.07, 6.45) is -3.42. The molecule has 0 amide bonds. The van der Waals surface area contributed by atoms with Gasteiger partial charge in [0, 0.05) is 18.2 Å². The van der Waals surface area contributed by atoms with E-state index >= 15 is 0 Å². The minimum atomic E-state index is -4.25. The molecule has 1 N–H and O–H groups in total. The van der Waals surface area contributed by atoms with Crippen LogP contribution in [0, 0.1) is 5.82 Å². The van der Waals surface area contributed by atoms with Crippen LogP contribution in [0.2, 0.25) is 0 Å². The Hall–Kier alpha value is -1.14. The number of nitrogens with one attached hydrogen (secondary N) is 1. The molecule has 0 bridgehead atoms. The number of hydrogen-bond donors (Lipinski definition) is 1. The Balaban J connectivity index is 2.84. The Kier molecular flexibility index (Phi) is 7.11. The Morgan fingerprint density at radius 1 is 1.19 bits per heavy atom. The van der Waals surface area contributed by atoms with Gasteiger partial charge in [0.25, 0.3) is 0 Å². The summed E-state index contributed by atoms with van der Waals surface area (Å²) in [4.78, 5) is 1.28. The van der Waals surface area contributed by atoms with Crippen LogP contribution in [0.1, 0.15) is 31.9 Å². The molecule has 0 aliphatic carbocycles. The van der Waals surface area contributed by atoms with Crippen LogP contribution < -0.4 is 5.32 Å². The lowest BCUT2D eigenvalue weighted by Crippen LogP contribution is -2.40. The zero-order valence-corrected chi connectivity index (χ0v) is 12.4. The van der Waals surface area contributed by atoms with Gasteiger partial charge in [0.2, 0.25) is 0 Å². The third-order valence-electron chi connectivity index (χ3n) is 3.21. The van der Waals surface area contributed by atoms with Gasteiger partial charge in [0.05, 0.1) is 6.54 Å². The maximum absolute atomic E-state index is 13.9. The first-order valence-electron chi connectivity index (χ1n) is 7.14. The average Bonchev–Trinajstić information content (AvgIpc) is 2.41. The van der Waals surface area contributed by atoms with E-state index in [1.54, 1.807) is 25.1 Å². The van der Waals surface area contributed by atoms with Crippen LogP contribution in [0.4, 0.5) is 17.6 Å². The lowest BCUT2D eigenvalue weighted by molar-refractivity contribution is -0.146.